The van der Waals surface area contributed by atoms with Crippen molar-refractivity contribution in [2.24, 2.45) is 11.8 Å². The van der Waals surface area contributed by atoms with Crippen LogP contribution in [0.3, 0.4) is 0 Å². The van der Waals surface area contributed by atoms with Gasteiger partial charge in [0, 0.05) is 6.54 Å². The smallest absolute Gasteiger partial charge is 0.243 e. The van der Waals surface area contributed by atoms with E-state index in [0.29, 0.717) is 6.54 Å². The molecule has 2 atom stereocenters. The second-order valence-corrected chi connectivity index (χ2v) is 8.07. The average molecular weight is 309 g/mol. The largest absolute Gasteiger partial charge is 0.298 e. The number of hydrogen-bond donors (Lipinski definition) is 0. The number of aryl methyl sites for hydroxylation is 1. The van der Waals surface area contributed by atoms with Gasteiger partial charge in [0.25, 0.3) is 0 Å². The first-order valence-corrected chi connectivity index (χ1v) is 8.78. The van der Waals surface area contributed by atoms with Crippen LogP contribution in [0.1, 0.15) is 32.8 Å². The number of carbonyl (C=O) groups excluding carboxylic acids is 1. The molecule has 21 heavy (non-hydrogen) atoms. The fourth-order valence-corrected chi connectivity index (χ4v) is 4.80. The van der Waals surface area contributed by atoms with Crippen molar-refractivity contribution in [1.29, 1.82) is 0 Å². The van der Waals surface area contributed by atoms with Crippen molar-refractivity contribution in [2.75, 3.05) is 6.54 Å². The average Bonchev–Trinajstić information content (AvgIpc) is 2.84. The van der Waals surface area contributed by atoms with E-state index < -0.39 is 16.1 Å². The minimum absolute atomic E-state index is 0.0677. The summed E-state index contributed by atoms with van der Waals surface area (Å²) in [6, 6.07) is 6.27. The van der Waals surface area contributed by atoms with Crippen LogP contribution in [0.2, 0.25) is 0 Å². The molecule has 0 amide bonds. The monoisotopic (exact) mass is 309 g/mol. The summed E-state index contributed by atoms with van der Waals surface area (Å²) in [6.45, 7) is 7.91. The van der Waals surface area contributed by atoms with Gasteiger partial charge in [0.15, 0.2) is 0 Å². The highest BCUT2D eigenvalue weighted by molar-refractivity contribution is 7.89. The molecule has 116 valence electrons. The Kier molecular flexibility index (Phi) is 4.54. The molecular weight excluding hydrogens is 286 g/mol. The standard InChI is InChI=1S/C16H23NO3S/c1-11(2)15-9-10-17(16(15)13(4)18)21(19,20)14-7-5-12(3)6-8-14/h5-8,11,15-16H,9-10H2,1-4H3/t15-,16-/m1/s1. The summed E-state index contributed by atoms with van der Waals surface area (Å²) in [5.74, 6) is 0.321. The predicted octanol–water partition coefficient (Wildman–Crippen LogP) is 2.62. The van der Waals surface area contributed by atoms with E-state index in [2.05, 4.69) is 0 Å². The molecule has 1 saturated heterocycles. The van der Waals surface area contributed by atoms with Gasteiger partial charge >= 0.3 is 0 Å². The summed E-state index contributed by atoms with van der Waals surface area (Å²) in [5.41, 5.74) is 1.01. The number of Topliss-reactive ketones (excluding diaryl/α,β-unsaturated/α-hetero) is 1. The molecule has 2 rings (SSSR count). The minimum atomic E-state index is -3.60. The summed E-state index contributed by atoms with van der Waals surface area (Å²) in [4.78, 5) is 12.3. The highest BCUT2D eigenvalue weighted by atomic mass is 32.2. The van der Waals surface area contributed by atoms with Crippen LogP contribution in [-0.4, -0.2) is 31.1 Å². The highest BCUT2D eigenvalue weighted by Crippen LogP contribution is 2.35. The van der Waals surface area contributed by atoms with Crippen LogP contribution in [0.5, 0.6) is 0 Å². The third kappa shape index (κ3) is 3.04. The minimum Gasteiger partial charge on any atom is -0.298 e. The van der Waals surface area contributed by atoms with Gasteiger partial charge in [-0.2, -0.15) is 4.31 Å². The lowest BCUT2D eigenvalue weighted by atomic mass is 9.87. The molecule has 1 fully saturated rings. The van der Waals surface area contributed by atoms with Crippen molar-refractivity contribution in [1.82, 2.24) is 4.31 Å². The van der Waals surface area contributed by atoms with Gasteiger partial charge in [-0.25, -0.2) is 8.42 Å². The lowest BCUT2D eigenvalue weighted by Crippen LogP contribution is -2.43. The molecule has 0 radical (unpaired) electrons. The zero-order valence-electron chi connectivity index (χ0n) is 13.0. The van der Waals surface area contributed by atoms with Gasteiger partial charge in [-0.3, -0.25) is 4.79 Å². The Morgan fingerprint density at radius 2 is 1.81 bits per heavy atom. The van der Waals surface area contributed by atoms with Gasteiger partial charge in [-0.05, 0) is 44.2 Å². The van der Waals surface area contributed by atoms with Gasteiger partial charge in [0.05, 0.1) is 10.9 Å². The molecule has 0 N–H and O–H groups in total. The number of nitrogens with zero attached hydrogens (tertiary/aromatic N) is 1. The summed E-state index contributed by atoms with van der Waals surface area (Å²) in [6.07, 6.45) is 0.743. The first-order valence-electron chi connectivity index (χ1n) is 7.34. The molecule has 0 bridgehead atoms. The van der Waals surface area contributed by atoms with E-state index >= 15 is 0 Å². The Morgan fingerprint density at radius 3 is 2.29 bits per heavy atom. The molecule has 0 spiro atoms. The number of carbonyl (C=O) groups is 1. The zero-order valence-corrected chi connectivity index (χ0v) is 13.9. The van der Waals surface area contributed by atoms with Crippen LogP contribution in [0, 0.1) is 18.8 Å². The Hall–Kier alpha value is -1.20. The van der Waals surface area contributed by atoms with Crippen LogP contribution >= 0.6 is 0 Å². The topological polar surface area (TPSA) is 54.5 Å². The molecule has 1 heterocycles. The van der Waals surface area contributed by atoms with Gasteiger partial charge in [0.1, 0.15) is 5.78 Å². The number of benzene rings is 1. The van der Waals surface area contributed by atoms with Gasteiger partial charge in [-0.1, -0.05) is 31.5 Å². The van der Waals surface area contributed by atoms with E-state index in [4.69, 9.17) is 0 Å². The van der Waals surface area contributed by atoms with Crippen LogP contribution in [0.4, 0.5) is 0 Å². The molecule has 1 aliphatic rings. The Labute approximate surface area is 127 Å². The third-order valence-corrected chi connectivity index (χ3v) is 6.19. The molecular formula is C16H23NO3S. The summed E-state index contributed by atoms with van der Waals surface area (Å²) in [7, 11) is -3.60. The molecule has 0 unspecified atom stereocenters. The first-order chi connectivity index (χ1) is 9.75. The van der Waals surface area contributed by atoms with E-state index in [1.807, 2.05) is 20.8 Å². The first kappa shape index (κ1) is 16.2. The van der Waals surface area contributed by atoms with E-state index in [1.165, 1.54) is 11.2 Å². The molecule has 1 aromatic carbocycles. The van der Waals surface area contributed by atoms with Gasteiger partial charge in [0.2, 0.25) is 10.0 Å². The Balaban J connectivity index is 2.39. The van der Waals surface area contributed by atoms with E-state index in [9.17, 15) is 13.2 Å². The molecule has 5 heteroatoms. The van der Waals surface area contributed by atoms with Gasteiger partial charge in [-0.15, -0.1) is 0 Å². The van der Waals surface area contributed by atoms with Crippen molar-refractivity contribution < 1.29 is 13.2 Å². The summed E-state index contributed by atoms with van der Waals surface area (Å²) in [5, 5.41) is 0. The predicted molar refractivity (Wildman–Crippen MR) is 82.5 cm³/mol. The number of rotatable bonds is 4. The Bertz CT molecular complexity index is 619. The second kappa shape index (κ2) is 5.89. The second-order valence-electron chi connectivity index (χ2n) is 6.18. The lowest BCUT2D eigenvalue weighted by molar-refractivity contribution is -0.121. The Morgan fingerprint density at radius 1 is 1.24 bits per heavy atom. The molecule has 0 aromatic heterocycles. The van der Waals surface area contributed by atoms with Crippen molar-refractivity contribution in [3.8, 4) is 0 Å². The summed E-state index contributed by atoms with van der Waals surface area (Å²) >= 11 is 0. The quantitative estimate of drug-likeness (QED) is 0.859. The molecule has 4 nitrogen and oxygen atoms in total. The third-order valence-electron chi connectivity index (χ3n) is 4.30. The number of sulfonamides is 1. The van der Waals surface area contributed by atoms with Crippen molar-refractivity contribution in [2.45, 2.75) is 45.1 Å². The van der Waals surface area contributed by atoms with E-state index in [-0.39, 0.29) is 22.5 Å². The van der Waals surface area contributed by atoms with E-state index in [1.54, 1.807) is 24.3 Å². The normalized spacial score (nSPS) is 23.7. The zero-order chi connectivity index (χ0) is 15.8. The molecule has 0 aliphatic carbocycles. The fourth-order valence-electron chi connectivity index (χ4n) is 3.10. The molecule has 0 saturated carbocycles. The van der Waals surface area contributed by atoms with Crippen molar-refractivity contribution in [3.05, 3.63) is 29.8 Å². The maximum Gasteiger partial charge on any atom is 0.243 e. The van der Waals surface area contributed by atoms with Crippen LogP contribution in [0.25, 0.3) is 0 Å². The fraction of sp³-hybridized carbons (Fsp3) is 0.562. The van der Waals surface area contributed by atoms with Crippen LogP contribution in [0.15, 0.2) is 29.2 Å². The SMILES string of the molecule is CC(=O)[C@@H]1[C@@H](C(C)C)CCN1S(=O)(=O)c1ccc(C)cc1. The van der Waals surface area contributed by atoms with E-state index in [0.717, 1.165) is 12.0 Å². The van der Waals surface area contributed by atoms with Gasteiger partial charge < -0.3 is 0 Å². The van der Waals surface area contributed by atoms with Crippen molar-refractivity contribution in [3.63, 3.8) is 0 Å². The van der Waals surface area contributed by atoms with Crippen LogP contribution in [-0.2, 0) is 14.8 Å². The lowest BCUT2D eigenvalue weighted by Gasteiger charge is -2.27. The number of hydrogen-bond acceptors (Lipinski definition) is 3. The van der Waals surface area contributed by atoms with Crippen molar-refractivity contribution >= 4 is 15.8 Å². The molecule has 1 aromatic rings. The van der Waals surface area contributed by atoms with Crippen LogP contribution < -0.4 is 0 Å². The maximum absolute atomic E-state index is 12.8. The molecule has 1 aliphatic heterocycles. The maximum atomic E-state index is 12.8. The number of ketones is 1. The summed E-state index contributed by atoms with van der Waals surface area (Å²) < 4.78 is 27.0. The highest BCUT2D eigenvalue weighted by Gasteiger charge is 2.44.